The second-order valence-electron chi connectivity index (χ2n) is 6.29. The van der Waals surface area contributed by atoms with Crippen molar-refractivity contribution in [2.45, 2.75) is 6.92 Å². The van der Waals surface area contributed by atoms with E-state index in [1.54, 1.807) is 21.5 Å². The molecule has 7 nitrogen and oxygen atoms in total. The molecule has 0 fully saturated rings. The van der Waals surface area contributed by atoms with Gasteiger partial charge in [-0.1, -0.05) is 53.3 Å². The van der Waals surface area contributed by atoms with Gasteiger partial charge in [0.15, 0.2) is 10.1 Å². The average Bonchev–Trinajstić information content (AvgIpc) is 3.18. The molecule has 0 amide bonds. The number of benzene rings is 2. The SMILES string of the molecule is Cc1c(-c2nc(N)sc2N=Nc2ccccc2Cl)c(=O)n(-c2ccccc2)n1C. The lowest BCUT2D eigenvalue weighted by Gasteiger charge is -2.07. The molecule has 146 valence electrons. The largest absolute Gasteiger partial charge is 0.375 e. The fourth-order valence-electron chi connectivity index (χ4n) is 3.03. The van der Waals surface area contributed by atoms with Crippen LogP contribution < -0.4 is 11.3 Å². The standard InChI is InChI=1S/C20H17ClN6OS/c1-12-16(19(28)27(26(12)2)13-8-4-3-5-9-13)17-18(29-20(22)23-17)25-24-15-11-7-6-10-14(15)21/h3-11H,1-2H3,(H2,22,23). The number of nitrogens with zero attached hydrogens (tertiary/aromatic N) is 5. The summed E-state index contributed by atoms with van der Waals surface area (Å²) in [6.07, 6.45) is 0. The van der Waals surface area contributed by atoms with Gasteiger partial charge in [0.1, 0.15) is 11.4 Å². The van der Waals surface area contributed by atoms with Gasteiger partial charge in [-0.25, -0.2) is 9.67 Å². The minimum Gasteiger partial charge on any atom is -0.375 e. The van der Waals surface area contributed by atoms with E-state index in [1.165, 1.54) is 11.3 Å². The van der Waals surface area contributed by atoms with Crippen LogP contribution in [0.5, 0.6) is 0 Å². The van der Waals surface area contributed by atoms with Gasteiger partial charge in [-0.2, -0.15) is 0 Å². The number of nitrogens with two attached hydrogens (primary N) is 1. The third kappa shape index (κ3) is 3.48. The van der Waals surface area contributed by atoms with E-state index in [4.69, 9.17) is 17.3 Å². The van der Waals surface area contributed by atoms with E-state index >= 15 is 0 Å². The first-order valence-electron chi connectivity index (χ1n) is 8.74. The second kappa shape index (κ2) is 7.65. The van der Waals surface area contributed by atoms with Crippen molar-refractivity contribution in [3.8, 4) is 16.9 Å². The molecule has 9 heteroatoms. The summed E-state index contributed by atoms with van der Waals surface area (Å²) in [4.78, 5) is 17.6. The van der Waals surface area contributed by atoms with Gasteiger partial charge in [0.25, 0.3) is 5.56 Å². The monoisotopic (exact) mass is 424 g/mol. The van der Waals surface area contributed by atoms with Gasteiger partial charge in [-0.05, 0) is 31.2 Å². The van der Waals surface area contributed by atoms with Crippen molar-refractivity contribution >= 4 is 38.8 Å². The number of rotatable bonds is 4. The Balaban J connectivity index is 1.85. The number of hydrogen-bond donors (Lipinski definition) is 1. The molecule has 4 rings (SSSR count). The van der Waals surface area contributed by atoms with E-state index < -0.39 is 0 Å². The van der Waals surface area contributed by atoms with Gasteiger partial charge in [-0.15, -0.1) is 10.2 Å². The molecule has 0 spiro atoms. The Hall–Kier alpha value is -3.23. The van der Waals surface area contributed by atoms with Crippen molar-refractivity contribution < 1.29 is 0 Å². The molecule has 2 aromatic carbocycles. The summed E-state index contributed by atoms with van der Waals surface area (Å²) in [6, 6.07) is 16.5. The summed E-state index contributed by atoms with van der Waals surface area (Å²) in [5, 5.41) is 9.75. The summed E-state index contributed by atoms with van der Waals surface area (Å²) in [5.41, 5.74) is 8.63. The summed E-state index contributed by atoms with van der Waals surface area (Å²) < 4.78 is 3.38. The molecule has 29 heavy (non-hydrogen) atoms. The van der Waals surface area contributed by atoms with Crippen LogP contribution in [-0.2, 0) is 7.05 Å². The highest BCUT2D eigenvalue weighted by atomic mass is 35.5. The van der Waals surface area contributed by atoms with Gasteiger partial charge < -0.3 is 5.73 Å². The minimum absolute atomic E-state index is 0.198. The van der Waals surface area contributed by atoms with Gasteiger partial charge in [0, 0.05) is 12.7 Å². The maximum atomic E-state index is 13.3. The van der Waals surface area contributed by atoms with Crippen molar-refractivity contribution in [2.75, 3.05) is 5.73 Å². The maximum absolute atomic E-state index is 13.3. The smallest absolute Gasteiger partial charge is 0.281 e. The molecule has 0 radical (unpaired) electrons. The zero-order chi connectivity index (χ0) is 20.5. The van der Waals surface area contributed by atoms with Crippen LogP contribution in [-0.4, -0.2) is 14.3 Å². The van der Waals surface area contributed by atoms with Crippen LogP contribution in [0.15, 0.2) is 69.6 Å². The number of azo groups is 1. The van der Waals surface area contributed by atoms with Crippen molar-refractivity contribution in [2.24, 2.45) is 17.3 Å². The number of anilines is 1. The van der Waals surface area contributed by atoms with Crippen LogP contribution in [0.3, 0.4) is 0 Å². The van der Waals surface area contributed by atoms with Crippen molar-refractivity contribution in [3.05, 3.63) is 75.7 Å². The molecule has 0 atom stereocenters. The maximum Gasteiger partial charge on any atom is 0.281 e. The molecule has 0 unspecified atom stereocenters. The van der Waals surface area contributed by atoms with E-state index in [9.17, 15) is 4.79 Å². The Labute approximate surface area is 175 Å². The number of aromatic nitrogens is 3. The molecule has 2 heterocycles. The Morgan fingerprint density at radius 3 is 2.48 bits per heavy atom. The Morgan fingerprint density at radius 1 is 1.07 bits per heavy atom. The number of halogens is 1. The van der Waals surface area contributed by atoms with Crippen LogP contribution in [0.4, 0.5) is 15.8 Å². The van der Waals surface area contributed by atoms with Crippen LogP contribution in [0, 0.1) is 6.92 Å². The summed E-state index contributed by atoms with van der Waals surface area (Å²) >= 11 is 7.32. The first kappa shape index (κ1) is 19.1. The first-order valence-corrected chi connectivity index (χ1v) is 9.93. The third-order valence-electron chi connectivity index (χ3n) is 4.52. The van der Waals surface area contributed by atoms with E-state index in [0.717, 1.165) is 11.4 Å². The molecule has 0 aliphatic carbocycles. The van der Waals surface area contributed by atoms with Crippen LogP contribution in [0.1, 0.15) is 5.69 Å². The molecule has 0 bridgehead atoms. The van der Waals surface area contributed by atoms with Crippen molar-refractivity contribution in [1.82, 2.24) is 14.3 Å². The molecule has 0 saturated heterocycles. The van der Waals surface area contributed by atoms with Gasteiger partial charge in [0.05, 0.1) is 16.3 Å². The molecule has 0 saturated carbocycles. The summed E-state index contributed by atoms with van der Waals surface area (Å²) in [6.45, 7) is 1.86. The van der Waals surface area contributed by atoms with Gasteiger partial charge in [-0.3, -0.25) is 9.48 Å². The third-order valence-corrected chi connectivity index (χ3v) is 5.61. The topological polar surface area (TPSA) is 90.6 Å². The highest BCUT2D eigenvalue weighted by Crippen LogP contribution is 2.38. The van der Waals surface area contributed by atoms with Crippen molar-refractivity contribution in [3.63, 3.8) is 0 Å². The summed E-state index contributed by atoms with van der Waals surface area (Å²) in [7, 11) is 1.83. The predicted octanol–water partition coefficient (Wildman–Crippen LogP) is 5.26. The highest BCUT2D eigenvalue weighted by molar-refractivity contribution is 7.19. The molecule has 2 N–H and O–H groups in total. The molecule has 4 aromatic rings. The number of hydrogen-bond acceptors (Lipinski definition) is 6. The molecule has 0 aliphatic rings. The fourth-order valence-corrected chi connectivity index (χ4v) is 3.87. The van der Waals surface area contributed by atoms with E-state index in [0.29, 0.717) is 32.1 Å². The Morgan fingerprint density at radius 2 is 1.76 bits per heavy atom. The van der Waals surface area contributed by atoms with Gasteiger partial charge >= 0.3 is 0 Å². The predicted molar refractivity (Wildman–Crippen MR) is 117 cm³/mol. The zero-order valence-electron chi connectivity index (χ0n) is 15.7. The summed E-state index contributed by atoms with van der Waals surface area (Å²) in [5.74, 6) is 0. The highest BCUT2D eigenvalue weighted by Gasteiger charge is 2.23. The molecule has 2 aromatic heterocycles. The minimum atomic E-state index is -0.198. The fraction of sp³-hybridized carbons (Fsp3) is 0.100. The van der Waals surface area contributed by atoms with E-state index in [1.807, 2.05) is 56.4 Å². The number of thiazole rings is 1. The zero-order valence-corrected chi connectivity index (χ0v) is 17.3. The lowest BCUT2D eigenvalue weighted by Crippen LogP contribution is -2.20. The van der Waals surface area contributed by atoms with Crippen molar-refractivity contribution in [1.29, 1.82) is 0 Å². The lowest BCUT2D eigenvalue weighted by atomic mass is 10.2. The molecule has 0 aliphatic heterocycles. The van der Waals surface area contributed by atoms with Crippen LogP contribution >= 0.6 is 22.9 Å². The van der Waals surface area contributed by atoms with E-state index in [-0.39, 0.29) is 5.56 Å². The number of nitrogen functional groups attached to an aromatic ring is 1. The Bertz CT molecular complexity index is 1270. The average molecular weight is 425 g/mol. The van der Waals surface area contributed by atoms with Crippen LogP contribution in [0.2, 0.25) is 5.02 Å². The normalized spacial score (nSPS) is 11.4. The van der Waals surface area contributed by atoms with E-state index in [2.05, 4.69) is 15.2 Å². The lowest BCUT2D eigenvalue weighted by molar-refractivity contribution is 0.630. The second-order valence-corrected chi connectivity index (χ2v) is 7.71. The quantitative estimate of drug-likeness (QED) is 0.453. The molecular weight excluding hydrogens is 408 g/mol. The van der Waals surface area contributed by atoms with Crippen LogP contribution in [0.25, 0.3) is 16.9 Å². The number of para-hydroxylation sites is 1. The first-order chi connectivity index (χ1) is 14.0. The Kier molecular flexibility index (Phi) is 5.04. The molecular formula is C20H17ClN6OS. The van der Waals surface area contributed by atoms with Gasteiger partial charge in [0.2, 0.25) is 0 Å².